The predicted molar refractivity (Wildman–Crippen MR) is 57.8 cm³/mol. The van der Waals surface area contributed by atoms with Crippen LogP contribution in [-0.2, 0) is 4.79 Å². The molecule has 1 aliphatic heterocycles. The van der Waals surface area contributed by atoms with Crippen molar-refractivity contribution in [1.29, 1.82) is 5.26 Å². The van der Waals surface area contributed by atoms with E-state index in [9.17, 15) is 4.79 Å². The first-order valence-corrected chi connectivity index (χ1v) is 5.62. The first-order valence-electron chi connectivity index (χ1n) is 5.62. The van der Waals surface area contributed by atoms with Crippen molar-refractivity contribution in [3.8, 4) is 6.07 Å². The summed E-state index contributed by atoms with van der Waals surface area (Å²) in [5.74, 6) is -0.244. The van der Waals surface area contributed by atoms with E-state index in [0.29, 0.717) is 6.42 Å². The van der Waals surface area contributed by atoms with E-state index in [1.807, 2.05) is 0 Å². The largest absolute Gasteiger partial charge is 0.368 e. The summed E-state index contributed by atoms with van der Waals surface area (Å²) in [6.45, 7) is 2.95. The summed E-state index contributed by atoms with van der Waals surface area (Å²) in [6, 6.07) is 2.21. The van der Waals surface area contributed by atoms with Crippen LogP contribution in [0.3, 0.4) is 0 Å². The van der Waals surface area contributed by atoms with E-state index in [2.05, 4.69) is 17.9 Å². The lowest BCUT2D eigenvalue weighted by atomic mass is 9.97. The SMILES string of the molecule is CCC(CC#N)N1CCCCC1C(N)=O. The molecule has 0 aromatic heterocycles. The summed E-state index contributed by atoms with van der Waals surface area (Å²) in [5, 5.41) is 8.73. The first kappa shape index (κ1) is 12.0. The molecule has 4 nitrogen and oxygen atoms in total. The minimum Gasteiger partial charge on any atom is -0.368 e. The summed E-state index contributed by atoms with van der Waals surface area (Å²) in [6.07, 6.45) is 4.40. The fourth-order valence-corrected chi connectivity index (χ4v) is 2.30. The second kappa shape index (κ2) is 5.72. The smallest absolute Gasteiger partial charge is 0.234 e. The molecule has 0 aromatic carbocycles. The molecular formula is C11H19N3O. The second-order valence-electron chi connectivity index (χ2n) is 4.08. The molecule has 1 saturated heterocycles. The highest BCUT2D eigenvalue weighted by atomic mass is 16.1. The van der Waals surface area contributed by atoms with Gasteiger partial charge in [0.1, 0.15) is 0 Å². The molecule has 1 amide bonds. The molecule has 0 radical (unpaired) electrons. The molecule has 2 atom stereocenters. The third-order valence-corrected chi connectivity index (χ3v) is 3.14. The highest BCUT2D eigenvalue weighted by molar-refractivity contribution is 5.80. The van der Waals surface area contributed by atoms with Crippen LogP contribution in [0.1, 0.15) is 39.0 Å². The van der Waals surface area contributed by atoms with Gasteiger partial charge < -0.3 is 5.73 Å². The van der Waals surface area contributed by atoms with Crippen LogP contribution in [0.4, 0.5) is 0 Å². The van der Waals surface area contributed by atoms with Crippen molar-refractivity contribution in [2.45, 2.75) is 51.1 Å². The van der Waals surface area contributed by atoms with E-state index in [1.165, 1.54) is 0 Å². The number of nitrogens with zero attached hydrogens (tertiary/aromatic N) is 2. The number of carbonyl (C=O) groups is 1. The number of carbonyl (C=O) groups excluding carboxylic acids is 1. The van der Waals surface area contributed by atoms with Gasteiger partial charge in [0.2, 0.25) is 5.91 Å². The molecule has 15 heavy (non-hydrogen) atoms. The van der Waals surface area contributed by atoms with Gasteiger partial charge in [-0.05, 0) is 25.8 Å². The summed E-state index contributed by atoms with van der Waals surface area (Å²) >= 11 is 0. The summed E-state index contributed by atoms with van der Waals surface area (Å²) in [5.41, 5.74) is 5.38. The van der Waals surface area contributed by atoms with E-state index >= 15 is 0 Å². The van der Waals surface area contributed by atoms with Gasteiger partial charge in [0.05, 0.1) is 18.5 Å². The minimum atomic E-state index is -0.244. The highest BCUT2D eigenvalue weighted by Crippen LogP contribution is 2.22. The Morgan fingerprint density at radius 3 is 2.93 bits per heavy atom. The van der Waals surface area contributed by atoms with Gasteiger partial charge in [-0.15, -0.1) is 0 Å². The van der Waals surface area contributed by atoms with Gasteiger partial charge in [0.25, 0.3) is 0 Å². The Morgan fingerprint density at radius 2 is 2.40 bits per heavy atom. The number of hydrogen-bond donors (Lipinski definition) is 1. The van der Waals surface area contributed by atoms with Gasteiger partial charge in [0.15, 0.2) is 0 Å². The van der Waals surface area contributed by atoms with E-state index in [0.717, 1.165) is 32.2 Å². The Balaban J connectivity index is 2.69. The molecule has 2 N–H and O–H groups in total. The lowest BCUT2D eigenvalue weighted by molar-refractivity contribution is -0.125. The van der Waals surface area contributed by atoms with Gasteiger partial charge in [-0.3, -0.25) is 9.69 Å². The summed E-state index contributed by atoms with van der Waals surface area (Å²) in [7, 11) is 0. The number of piperidine rings is 1. The van der Waals surface area contributed by atoms with Crippen molar-refractivity contribution >= 4 is 5.91 Å². The van der Waals surface area contributed by atoms with Gasteiger partial charge in [-0.1, -0.05) is 13.3 Å². The van der Waals surface area contributed by atoms with Crippen LogP contribution >= 0.6 is 0 Å². The molecule has 84 valence electrons. The van der Waals surface area contributed by atoms with Crippen molar-refractivity contribution < 1.29 is 4.79 Å². The molecule has 2 unspecified atom stereocenters. The molecule has 0 spiro atoms. The average molecular weight is 209 g/mol. The van der Waals surface area contributed by atoms with Gasteiger partial charge in [-0.2, -0.15) is 5.26 Å². The number of primary amides is 1. The van der Waals surface area contributed by atoms with Gasteiger partial charge in [-0.25, -0.2) is 0 Å². The van der Waals surface area contributed by atoms with Gasteiger partial charge in [0, 0.05) is 6.04 Å². The number of nitrogens with two attached hydrogens (primary N) is 1. The third-order valence-electron chi connectivity index (χ3n) is 3.14. The molecule has 1 aliphatic rings. The molecule has 4 heteroatoms. The van der Waals surface area contributed by atoms with E-state index < -0.39 is 0 Å². The third kappa shape index (κ3) is 2.93. The number of nitriles is 1. The Morgan fingerprint density at radius 1 is 1.67 bits per heavy atom. The number of hydrogen-bond acceptors (Lipinski definition) is 3. The van der Waals surface area contributed by atoms with Crippen molar-refractivity contribution in [2.24, 2.45) is 5.73 Å². The van der Waals surface area contributed by atoms with Crippen molar-refractivity contribution in [2.75, 3.05) is 6.54 Å². The van der Waals surface area contributed by atoms with Crippen molar-refractivity contribution in [1.82, 2.24) is 4.90 Å². The molecule has 0 aliphatic carbocycles. The zero-order valence-corrected chi connectivity index (χ0v) is 9.28. The lowest BCUT2D eigenvalue weighted by Crippen LogP contribution is -2.52. The molecule has 0 aromatic rings. The van der Waals surface area contributed by atoms with Crippen LogP contribution in [0.25, 0.3) is 0 Å². The van der Waals surface area contributed by atoms with Crippen LogP contribution in [0, 0.1) is 11.3 Å². The molecule has 0 saturated carbocycles. The maximum absolute atomic E-state index is 11.3. The summed E-state index contributed by atoms with van der Waals surface area (Å²) in [4.78, 5) is 13.4. The average Bonchev–Trinajstić information content (AvgIpc) is 2.26. The normalized spacial score (nSPS) is 24.4. The first-order chi connectivity index (χ1) is 7.20. The van der Waals surface area contributed by atoms with Crippen molar-refractivity contribution in [3.63, 3.8) is 0 Å². The molecule has 1 fully saturated rings. The Hall–Kier alpha value is -1.08. The summed E-state index contributed by atoms with van der Waals surface area (Å²) < 4.78 is 0. The topological polar surface area (TPSA) is 70.1 Å². The zero-order valence-electron chi connectivity index (χ0n) is 9.28. The predicted octanol–water partition coefficient (Wildman–Crippen LogP) is 1.02. The lowest BCUT2D eigenvalue weighted by Gasteiger charge is -2.38. The van der Waals surface area contributed by atoms with E-state index in [1.54, 1.807) is 0 Å². The van der Waals surface area contributed by atoms with Crippen LogP contribution in [0.15, 0.2) is 0 Å². The Bertz CT molecular complexity index is 259. The van der Waals surface area contributed by atoms with Crippen molar-refractivity contribution in [3.05, 3.63) is 0 Å². The fraction of sp³-hybridized carbons (Fsp3) is 0.818. The second-order valence-corrected chi connectivity index (χ2v) is 4.08. The van der Waals surface area contributed by atoms with Crippen LogP contribution in [-0.4, -0.2) is 29.4 Å². The number of amides is 1. The van der Waals surface area contributed by atoms with Crippen LogP contribution < -0.4 is 5.73 Å². The monoisotopic (exact) mass is 209 g/mol. The maximum atomic E-state index is 11.3. The Labute approximate surface area is 91.0 Å². The quantitative estimate of drug-likeness (QED) is 0.751. The van der Waals surface area contributed by atoms with Crippen LogP contribution in [0.2, 0.25) is 0 Å². The molecule has 1 heterocycles. The van der Waals surface area contributed by atoms with Crippen LogP contribution in [0.5, 0.6) is 0 Å². The van der Waals surface area contributed by atoms with E-state index in [-0.39, 0.29) is 18.0 Å². The molecule has 0 bridgehead atoms. The zero-order chi connectivity index (χ0) is 11.3. The minimum absolute atomic E-state index is 0.156. The van der Waals surface area contributed by atoms with Gasteiger partial charge >= 0.3 is 0 Å². The highest BCUT2D eigenvalue weighted by Gasteiger charge is 2.31. The standard InChI is InChI=1S/C11H19N3O/c1-2-9(6-7-12)14-8-4-3-5-10(14)11(13)15/h9-10H,2-6,8H2,1H3,(H2,13,15). The Kier molecular flexibility index (Phi) is 4.57. The van der Waals surface area contributed by atoms with E-state index in [4.69, 9.17) is 11.0 Å². The number of rotatable bonds is 4. The molecule has 1 rings (SSSR count). The number of likely N-dealkylation sites (tertiary alicyclic amines) is 1. The molecular weight excluding hydrogens is 190 g/mol. The maximum Gasteiger partial charge on any atom is 0.234 e. The fourth-order valence-electron chi connectivity index (χ4n) is 2.30.